The van der Waals surface area contributed by atoms with Crippen LogP contribution in [0.3, 0.4) is 0 Å². The molecule has 0 aromatic rings. The van der Waals surface area contributed by atoms with Crippen molar-refractivity contribution in [1.82, 2.24) is 20.9 Å². The first-order valence-electron chi connectivity index (χ1n) is 10.8. The van der Waals surface area contributed by atoms with E-state index in [4.69, 9.17) is 0 Å². The zero-order valence-corrected chi connectivity index (χ0v) is 17.0. The number of nitrogens with zero attached hydrogens (tertiary/aromatic N) is 1. The summed E-state index contributed by atoms with van der Waals surface area (Å²) in [5, 5.41) is 11.4. The predicted octanol–water partition coefficient (Wildman–Crippen LogP) is 1.92. The van der Waals surface area contributed by atoms with Crippen LogP contribution in [0.25, 0.3) is 0 Å². The second-order valence-corrected chi connectivity index (χ2v) is 10.6. The molecule has 1 saturated carbocycles. The predicted molar refractivity (Wildman–Crippen MR) is 105 cm³/mol. The van der Waals surface area contributed by atoms with Crippen LogP contribution in [0.4, 0.5) is 0 Å². The fourth-order valence-electron chi connectivity index (χ4n) is 6.64. The number of hydrogen-bond donors (Lipinski definition) is 3. The van der Waals surface area contributed by atoms with Crippen LogP contribution >= 0.6 is 0 Å². The van der Waals surface area contributed by atoms with Crippen molar-refractivity contribution in [3.8, 4) is 0 Å². The number of piperidine rings is 1. The van der Waals surface area contributed by atoms with E-state index in [0.29, 0.717) is 12.1 Å². The average Bonchev–Trinajstić information content (AvgIpc) is 3.18. The normalized spacial score (nSPS) is 45.1. The molecule has 3 aliphatic heterocycles. The van der Waals surface area contributed by atoms with E-state index in [9.17, 15) is 0 Å². The summed E-state index contributed by atoms with van der Waals surface area (Å²) >= 11 is 0. The number of likely N-dealkylation sites (tertiary alicyclic amines) is 1. The lowest BCUT2D eigenvalue weighted by Crippen LogP contribution is -2.61. The first kappa shape index (κ1) is 18.2. The standard InChI is InChI=1S/C21H40N4/c1-13(2)24-18-6-15-9-23-11-17(15)20(18)19-7-14-8-22-10-16(14)12-25(19)21(3,4)5/h13-20,22-24H,6-12H2,1-5H3. The molecule has 4 fully saturated rings. The van der Waals surface area contributed by atoms with Gasteiger partial charge in [0, 0.05) is 30.2 Å². The van der Waals surface area contributed by atoms with Gasteiger partial charge < -0.3 is 16.0 Å². The van der Waals surface area contributed by atoms with Crippen LogP contribution in [0.5, 0.6) is 0 Å². The van der Waals surface area contributed by atoms with Crippen LogP contribution in [-0.2, 0) is 0 Å². The highest BCUT2D eigenvalue weighted by atomic mass is 15.2. The molecule has 3 N–H and O–H groups in total. The maximum Gasteiger partial charge on any atom is 0.0150 e. The second-order valence-electron chi connectivity index (χ2n) is 10.6. The average molecular weight is 349 g/mol. The maximum atomic E-state index is 3.98. The molecule has 0 spiro atoms. The molecule has 144 valence electrons. The van der Waals surface area contributed by atoms with Crippen molar-refractivity contribution in [2.75, 3.05) is 32.7 Å². The van der Waals surface area contributed by atoms with Gasteiger partial charge >= 0.3 is 0 Å². The fourth-order valence-corrected chi connectivity index (χ4v) is 6.64. The number of hydrogen-bond acceptors (Lipinski definition) is 4. The second kappa shape index (κ2) is 6.78. The summed E-state index contributed by atoms with van der Waals surface area (Å²) in [7, 11) is 0. The quantitative estimate of drug-likeness (QED) is 0.729. The summed E-state index contributed by atoms with van der Waals surface area (Å²) in [4.78, 5) is 2.90. The molecule has 4 aliphatic rings. The first-order chi connectivity index (χ1) is 11.8. The zero-order chi connectivity index (χ0) is 17.8. The smallest absolute Gasteiger partial charge is 0.0150 e. The van der Waals surface area contributed by atoms with Crippen molar-refractivity contribution in [3.63, 3.8) is 0 Å². The molecule has 4 heteroatoms. The molecule has 25 heavy (non-hydrogen) atoms. The zero-order valence-electron chi connectivity index (χ0n) is 17.0. The topological polar surface area (TPSA) is 39.3 Å². The van der Waals surface area contributed by atoms with Gasteiger partial charge in [0.2, 0.25) is 0 Å². The van der Waals surface area contributed by atoms with E-state index in [2.05, 4.69) is 55.5 Å². The van der Waals surface area contributed by atoms with Crippen LogP contribution in [-0.4, -0.2) is 61.3 Å². The summed E-state index contributed by atoms with van der Waals surface area (Å²) in [6.07, 6.45) is 2.78. The van der Waals surface area contributed by atoms with Gasteiger partial charge in [0.15, 0.2) is 0 Å². The maximum absolute atomic E-state index is 3.98. The van der Waals surface area contributed by atoms with Gasteiger partial charge in [-0.15, -0.1) is 0 Å². The molecule has 7 atom stereocenters. The molecule has 0 radical (unpaired) electrons. The highest BCUT2D eigenvalue weighted by molar-refractivity contribution is 5.08. The van der Waals surface area contributed by atoms with Crippen LogP contribution in [0, 0.1) is 29.6 Å². The Hall–Kier alpha value is -0.160. The monoisotopic (exact) mass is 348 g/mol. The highest BCUT2D eigenvalue weighted by Crippen LogP contribution is 2.48. The highest BCUT2D eigenvalue weighted by Gasteiger charge is 2.53. The van der Waals surface area contributed by atoms with Crippen molar-refractivity contribution in [2.24, 2.45) is 29.6 Å². The molecule has 0 bridgehead atoms. The number of fused-ring (bicyclic) bond motifs is 2. The van der Waals surface area contributed by atoms with Gasteiger partial charge in [-0.1, -0.05) is 13.8 Å². The lowest BCUT2D eigenvalue weighted by atomic mass is 9.73. The van der Waals surface area contributed by atoms with Gasteiger partial charge in [-0.3, -0.25) is 4.90 Å². The van der Waals surface area contributed by atoms with E-state index in [1.165, 1.54) is 45.6 Å². The van der Waals surface area contributed by atoms with Gasteiger partial charge in [-0.25, -0.2) is 0 Å². The van der Waals surface area contributed by atoms with Crippen LogP contribution in [0.15, 0.2) is 0 Å². The SMILES string of the molecule is CC(C)NC1CC2CNCC2C1C1CC2CNCC2CN1C(C)(C)C. The van der Waals surface area contributed by atoms with Gasteiger partial charge in [-0.05, 0) is 89.4 Å². The van der Waals surface area contributed by atoms with Crippen molar-refractivity contribution < 1.29 is 0 Å². The summed E-state index contributed by atoms with van der Waals surface area (Å²) < 4.78 is 0. The van der Waals surface area contributed by atoms with E-state index < -0.39 is 0 Å². The molecule has 3 saturated heterocycles. The lowest BCUT2D eigenvalue weighted by Gasteiger charge is -2.52. The lowest BCUT2D eigenvalue weighted by molar-refractivity contribution is -0.0301. The van der Waals surface area contributed by atoms with E-state index >= 15 is 0 Å². The number of nitrogens with one attached hydrogen (secondary N) is 3. The molecule has 0 amide bonds. The summed E-state index contributed by atoms with van der Waals surface area (Å²) in [6.45, 7) is 18.2. The molecule has 0 aromatic heterocycles. The third kappa shape index (κ3) is 3.40. The third-order valence-corrected chi connectivity index (χ3v) is 7.62. The Labute approximate surface area is 154 Å². The van der Waals surface area contributed by atoms with Crippen LogP contribution in [0.1, 0.15) is 47.5 Å². The van der Waals surface area contributed by atoms with Crippen molar-refractivity contribution in [3.05, 3.63) is 0 Å². The Kier molecular flexibility index (Phi) is 4.94. The Morgan fingerprint density at radius 3 is 2.32 bits per heavy atom. The van der Waals surface area contributed by atoms with Gasteiger partial charge in [0.05, 0.1) is 0 Å². The summed E-state index contributed by atoms with van der Waals surface area (Å²) in [6, 6.07) is 2.04. The summed E-state index contributed by atoms with van der Waals surface area (Å²) in [5.41, 5.74) is 0.269. The van der Waals surface area contributed by atoms with Crippen molar-refractivity contribution >= 4 is 0 Å². The Morgan fingerprint density at radius 2 is 1.60 bits per heavy atom. The van der Waals surface area contributed by atoms with Crippen LogP contribution < -0.4 is 16.0 Å². The largest absolute Gasteiger partial charge is 0.316 e. The molecule has 0 aromatic carbocycles. The molecular weight excluding hydrogens is 308 g/mol. The first-order valence-corrected chi connectivity index (χ1v) is 10.8. The van der Waals surface area contributed by atoms with Gasteiger partial charge in [0.1, 0.15) is 0 Å². The number of rotatable bonds is 3. The minimum absolute atomic E-state index is 0.269. The fraction of sp³-hybridized carbons (Fsp3) is 1.00. The Bertz CT molecular complexity index is 471. The Morgan fingerprint density at radius 1 is 0.920 bits per heavy atom. The molecule has 7 unspecified atom stereocenters. The summed E-state index contributed by atoms with van der Waals surface area (Å²) in [5.74, 6) is 4.34. The third-order valence-electron chi connectivity index (χ3n) is 7.62. The van der Waals surface area contributed by atoms with Crippen molar-refractivity contribution in [2.45, 2.75) is 71.1 Å². The molecule has 3 heterocycles. The minimum atomic E-state index is 0.269. The van der Waals surface area contributed by atoms with Gasteiger partial charge in [0.25, 0.3) is 0 Å². The Balaban J connectivity index is 1.62. The van der Waals surface area contributed by atoms with E-state index in [1.54, 1.807) is 0 Å². The van der Waals surface area contributed by atoms with E-state index in [0.717, 1.165) is 35.6 Å². The molecule has 4 rings (SSSR count). The van der Waals surface area contributed by atoms with Crippen LogP contribution in [0.2, 0.25) is 0 Å². The molecule has 4 nitrogen and oxygen atoms in total. The van der Waals surface area contributed by atoms with Gasteiger partial charge in [-0.2, -0.15) is 0 Å². The van der Waals surface area contributed by atoms with E-state index in [-0.39, 0.29) is 5.54 Å². The molecule has 1 aliphatic carbocycles. The van der Waals surface area contributed by atoms with E-state index in [1.807, 2.05) is 0 Å². The minimum Gasteiger partial charge on any atom is -0.316 e. The van der Waals surface area contributed by atoms with Crippen molar-refractivity contribution in [1.29, 1.82) is 0 Å². The molecular formula is C21H40N4.